The monoisotopic (exact) mass is 281 g/mol. The van der Waals surface area contributed by atoms with Gasteiger partial charge in [0.05, 0.1) is 5.69 Å². The van der Waals surface area contributed by atoms with E-state index in [0.717, 1.165) is 11.1 Å². The van der Waals surface area contributed by atoms with Crippen molar-refractivity contribution in [2.24, 2.45) is 5.92 Å². The number of benzene rings is 1. The molecule has 21 heavy (non-hydrogen) atoms. The van der Waals surface area contributed by atoms with Gasteiger partial charge in [0, 0.05) is 12.1 Å². The van der Waals surface area contributed by atoms with Crippen molar-refractivity contribution in [3.63, 3.8) is 0 Å². The van der Waals surface area contributed by atoms with E-state index in [9.17, 15) is 10.1 Å². The van der Waals surface area contributed by atoms with Crippen molar-refractivity contribution in [2.45, 2.75) is 34.2 Å². The molecule has 0 aliphatic heterocycles. The molecule has 0 N–H and O–H groups in total. The van der Waals surface area contributed by atoms with Crippen molar-refractivity contribution in [3.8, 4) is 17.3 Å². The summed E-state index contributed by atoms with van der Waals surface area (Å²) in [7, 11) is 0. The van der Waals surface area contributed by atoms with Gasteiger partial charge in [-0.2, -0.15) is 10.4 Å². The van der Waals surface area contributed by atoms with E-state index >= 15 is 0 Å². The van der Waals surface area contributed by atoms with Crippen molar-refractivity contribution < 1.29 is 0 Å². The van der Waals surface area contributed by atoms with E-state index in [4.69, 9.17) is 0 Å². The van der Waals surface area contributed by atoms with Crippen LogP contribution < -0.4 is 5.56 Å². The number of nitriles is 1. The maximum absolute atomic E-state index is 12.1. The first-order valence-corrected chi connectivity index (χ1v) is 7.02. The molecule has 0 spiro atoms. The quantitative estimate of drug-likeness (QED) is 0.868. The van der Waals surface area contributed by atoms with Gasteiger partial charge in [0.2, 0.25) is 0 Å². The van der Waals surface area contributed by atoms with E-state index in [0.29, 0.717) is 12.2 Å². The Morgan fingerprint density at radius 2 is 2.00 bits per heavy atom. The van der Waals surface area contributed by atoms with E-state index in [1.54, 1.807) is 6.07 Å². The number of nitrogens with zero attached hydrogens (tertiary/aromatic N) is 3. The van der Waals surface area contributed by atoms with Gasteiger partial charge in [-0.15, -0.1) is 0 Å². The van der Waals surface area contributed by atoms with Gasteiger partial charge in [-0.3, -0.25) is 4.79 Å². The van der Waals surface area contributed by atoms with Crippen LogP contribution in [0.4, 0.5) is 0 Å². The van der Waals surface area contributed by atoms with E-state index in [1.807, 2.05) is 45.9 Å². The second-order valence-electron chi connectivity index (χ2n) is 5.75. The Kier molecular flexibility index (Phi) is 4.23. The summed E-state index contributed by atoms with van der Waals surface area (Å²) in [4.78, 5) is 12.1. The fourth-order valence-corrected chi connectivity index (χ4v) is 2.32. The number of hydrogen-bond acceptors (Lipinski definition) is 3. The van der Waals surface area contributed by atoms with Gasteiger partial charge in [-0.25, -0.2) is 4.68 Å². The predicted molar refractivity (Wildman–Crippen MR) is 83.0 cm³/mol. The summed E-state index contributed by atoms with van der Waals surface area (Å²) in [6, 6.07) is 9.62. The third-order valence-corrected chi connectivity index (χ3v) is 3.29. The molecule has 1 aromatic heterocycles. The fourth-order valence-electron chi connectivity index (χ4n) is 2.32. The summed E-state index contributed by atoms with van der Waals surface area (Å²) in [5.41, 5.74) is 3.70. The van der Waals surface area contributed by atoms with Gasteiger partial charge < -0.3 is 0 Å². The third-order valence-electron chi connectivity index (χ3n) is 3.29. The minimum absolute atomic E-state index is 0.139. The van der Waals surface area contributed by atoms with Crippen molar-refractivity contribution in [1.82, 2.24) is 9.78 Å². The summed E-state index contributed by atoms with van der Waals surface area (Å²) >= 11 is 0. The van der Waals surface area contributed by atoms with Crippen LogP contribution in [0.2, 0.25) is 0 Å². The first kappa shape index (κ1) is 15.0. The summed E-state index contributed by atoms with van der Waals surface area (Å²) < 4.78 is 1.40. The number of aryl methyl sites for hydroxylation is 2. The van der Waals surface area contributed by atoms with E-state index in [-0.39, 0.29) is 17.0 Å². The maximum atomic E-state index is 12.1. The lowest BCUT2D eigenvalue weighted by atomic mass is 10.0. The minimum atomic E-state index is -0.320. The average Bonchev–Trinajstić information content (AvgIpc) is 2.41. The molecule has 0 amide bonds. The molecule has 0 aliphatic carbocycles. The summed E-state index contributed by atoms with van der Waals surface area (Å²) in [6.07, 6.45) is 0. The highest BCUT2D eigenvalue weighted by atomic mass is 16.1. The first-order valence-electron chi connectivity index (χ1n) is 7.02. The highest BCUT2D eigenvalue weighted by Crippen LogP contribution is 2.22. The van der Waals surface area contributed by atoms with Gasteiger partial charge in [-0.05, 0) is 31.4 Å². The lowest BCUT2D eigenvalue weighted by Gasteiger charge is -2.12. The molecule has 1 aromatic carbocycles. The zero-order chi connectivity index (χ0) is 15.6. The molecule has 0 atom stereocenters. The summed E-state index contributed by atoms with van der Waals surface area (Å²) in [5, 5.41) is 13.6. The lowest BCUT2D eigenvalue weighted by molar-refractivity contribution is 0.464. The normalized spacial score (nSPS) is 10.7. The average molecular weight is 281 g/mol. The van der Waals surface area contributed by atoms with Crippen molar-refractivity contribution in [3.05, 3.63) is 51.3 Å². The molecule has 0 fully saturated rings. The van der Waals surface area contributed by atoms with Gasteiger partial charge in [-0.1, -0.05) is 37.6 Å². The van der Waals surface area contributed by atoms with Crippen molar-refractivity contribution in [2.75, 3.05) is 0 Å². The topological polar surface area (TPSA) is 58.7 Å². The van der Waals surface area contributed by atoms with Gasteiger partial charge in [0.15, 0.2) is 0 Å². The lowest BCUT2D eigenvalue weighted by Crippen LogP contribution is -2.27. The molecule has 0 bridgehead atoms. The van der Waals surface area contributed by atoms with Gasteiger partial charge >= 0.3 is 0 Å². The highest BCUT2D eigenvalue weighted by Gasteiger charge is 2.12. The molecule has 0 saturated carbocycles. The summed E-state index contributed by atoms with van der Waals surface area (Å²) in [5.74, 6) is 0.288. The van der Waals surface area contributed by atoms with Crippen LogP contribution in [0.1, 0.15) is 30.5 Å². The van der Waals surface area contributed by atoms with Crippen molar-refractivity contribution >= 4 is 0 Å². The Bertz CT molecular complexity index is 767. The SMILES string of the molecule is Cc1ccc(-c2cc(C#N)c(=O)n(CC(C)C)n2)c(C)c1. The van der Waals surface area contributed by atoms with E-state index in [1.165, 1.54) is 10.2 Å². The fraction of sp³-hybridized carbons (Fsp3) is 0.353. The molecule has 4 nitrogen and oxygen atoms in total. The van der Waals surface area contributed by atoms with Gasteiger partial charge in [0.1, 0.15) is 11.6 Å². The zero-order valence-electron chi connectivity index (χ0n) is 12.8. The highest BCUT2D eigenvalue weighted by molar-refractivity contribution is 5.64. The van der Waals surface area contributed by atoms with Crippen LogP contribution in [0.25, 0.3) is 11.3 Å². The van der Waals surface area contributed by atoms with Crippen LogP contribution in [-0.4, -0.2) is 9.78 Å². The van der Waals surface area contributed by atoms with E-state index < -0.39 is 0 Å². The molecular weight excluding hydrogens is 262 g/mol. The molecule has 2 aromatic rings. The second kappa shape index (κ2) is 5.92. The van der Waals surface area contributed by atoms with E-state index in [2.05, 4.69) is 11.2 Å². The molecule has 0 saturated heterocycles. The molecule has 108 valence electrons. The van der Waals surface area contributed by atoms with Crippen LogP contribution in [0.5, 0.6) is 0 Å². The smallest absolute Gasteiger partial charge is 0.266 e. The molecule has 0 aliphatic rings. The van der Waals surface area contributed by atoms with Crippen LogP contribution in [0.3, 0.4) is 0 Å². The Morgan fingerprint density at radius 3 is 2.57 bits per heavy atom. The first-order chi connectivity index (χ1) is 9.92. The summed E-state index contributed by atoms with van der Waals surface area (Å²) in [6.45, 7) is 8.58. The second-order valence-corrected chi connectivity index (χ2v) is 5.75. The van der Waals surface area contributed by atoms with Crippen LogP contribution in [0.15, 0.2) is 29.1 Å². The van der Waals surface area contributed by atoms with Crippen LogP contribution >= 0.6 is 0 Å². The molecular formula is C17H19N3O. The largest absolute Gasteiger partial charge is 0.284 e. The minimum Gasteiger partial charge on any atom is -0.266 e. The Labute approximate surface area is 124 Å². The maximum Gasteiger partial charge on any atom is 0.284 e. The molecule has 1 heterocycles. The Balaban J connectivity index is 2.64. The zero-order valence-corrected chi connectivity index (χ0v) is 12.8. The number of aromatic nitrogens is 2. The van der Waals surface area contributed by atoms with Gasteiger partial charge in [0.25, 0.3) is 5.56 Å². The van der Waals surface area contributed by atoms with Crippen LogP contribution in [-0.2, 0) is 6.54 Å². The molecule has 0 radical (unpaired) electrons. The molecule has 0 unspecified atom stereocenters. The standard InChI is InChI=1S/C17H19N3O/c1-11(2)10-20-17(21)14(9-18)8-16(19-20)15-6-5-12(3)7-13(15)4/h5-8,11H,10H2,1-4H3. The third kappa shape index (κ3) is 3.19. The predicted octanol–water partition coefficient (Wildman–Crippen LogP) is 3.05. The molecule has 4 heteroatoms. The van der Waals surface area contributed by atoms with Crippen LogP contribution in [0, 0.1) is 31.1 Å². The Hall–Kier alpha value is -2.41. The molecule has 2 rings (SSSR count). The van der Waals surface area contributed by atoms with Crippen molar-refractivity contribution in [1.29, 1.82) is 5.26 Å². The number of rotatable bonds is 3. The Morgan fingerprint density at radius 1 is 1.29 bits per heavy atom. The number of hydrogen-bond donors (Lipinski definition) is 0.